The normalized spacial score (nSPS) is 16.1. The Bertz CT molecular complexity index is 589. The summed E-state index contributed by atoms with van der Waals surface area (Å²) in [6.07, 6.45) is 2.75. The van der Waals surface area contributed by atoms with E-state index in [1.165, 1.54) is 11.8 Å². The number of aliphatic carboxylic acids is 1. The van der Waals surface area contributed by atoms with Crippen molar-refractivity contribution in [2.45, 2.75) is 64.7 Å². The predicted molar refractivity (Wildman–Crippen MR) is 116 cm³/mol. The number of carboxylic acid groups (broad SMARTS) is 1. The summed E-state index contributed by atoms with van der Waals surface area (Å²) < 4.78 is 0. The highest BCUT2D eigenvalue weighted by atomic mass is 32.2. The number of nitrogens with two attached hydrogens (primary N) is 1. The Morgan fingerprint density at radius 3 is 1.93 bits per heavy atom. The summed E-state index contributed by atoms with van der Waals surface area (Å²) in [7, 11) is 0. The van der Waals surface area contributed by atoms with Crippen LogP contribution in [-0.4, -0.2) is 76.7 Å². The summed E-state index contributed by atoms with van der Waals surface area (Å²) >= 11 is 1.46. The molecule has 5 unspecified atom stereocenters. The Balaban J connectivity index is 5.23. The van der Waals surface area contributed by atoms with Gasteiger partial charge in [-0.2, -0.15) is 11.8 Å². The highest BCUT2D eigenvalue weighted by Gasteiger charge is 2.31. The van der Waals surface area contributed by atoms with Crippen LogP contribution in [0.5, 0.6) is 0 Å². The number of nitrogens with one attached hydrogen (secondary N) is 3. The fourth-order valence-corrected chi connectivity index (χ4v) is 2.99. The topological polar surface area (TPSA) is 171 Å². The molecule has 11 heteroatoms. The summed E-state index contributed by atoms with van der Waals surface area (Å²) in [6.45, 7) is 6.32. The van der Waals surface area contributed by atoms with Crippen LogP contribution < -0.4 is 21.7 Å². The molecule has 0 aliphatic heterocycles. The van der Waals surface area contributed by atoms with E-state index in [0.717, 1.165) is 0 Å². The van der Waals surface area contributed by atoms with Crippen molar-refractivity contribution in [2.75, 3.05) is 18.6 Å². The number of hydrogen-bond acceptors (Lipinski definition) is 7. The van der Waals surface area contributed by atoms with Crippen molar-refractivity contribution in [1.29, 1.82) is 0 Å². The maximum absolute atomic E-state index is 12.6. The van der Waals surface area contributed by atoms with Crippen LogP contribution in [0, 0.1) is 11.8 Å². The minimum absolute atomic E-state index is 0.114. The molecule has 5 atom stereocenters. The molecular weight excluding hydrogens is 412 g/mol. The van der Waals surface area contributed by atoms with Crippen LogP contribution in [0.1, 0.15) is 40.5 Å². The fourth-order valence-electron chi connectivity index (χ4n) is 2.52. The Hall–Kier alpha value is -1.85. The van der Waals surface area contributed by atoms with E-state index in [-0.39, 0.29) is 18.3 Å². The Morgan fingerprint density at radius 2 is 1.50 bits per heavy atom. The molecule has 0 aliphatic carbocycles. The second-order valence-electron chi connectivity index (χ2n) is 7.57. The first kappa shape index (κ1) is 28.1. The van der Waals surface area contributed by atoms with Gasteiger partial charge in [-0.3, -0.25) is 14.4 Å². The first-order valence-corrected chi connectivity index (χ1v) is 11.4. The number of thioether (sulfide) groups is 1. The van der Waals surface area contributed by atoms with Gasteiger partial charge in [0.1, 0.15) is 18.1 Å². The lowest BCUT2D eigenvalue weighted by Crippen LogP contribution is -2.59. The van der Waals surface area contributed by atoms with E-state index in [1.807, 2.05) is 13.2 Å². The molecule has 0 saturated heterocycles. The van der Waals surface area contributed by atoms with Crippen molar-refractivity contribution in [1.82, 2.24) is 16.0 Å². The fraction of sp³-hybridized carbons (Fsp3) is 0.789. The van der Waals surface area contributed by atoms with Crippen LogP contribution in [0.2, 0.25) is 0 Å². The summed E-state index contributed by atoms with van der Waals surface area (Å²) in [4.78, 5) is 48.8. The average molecular weight is 449 g/mol. The largest absolute Gasteiger partial charge is 0.480 e. The van der Waals surface area contributed by atoms with Gasteiger partial charge in [-0.05, 0) is 30.3 Å². The van der Waals surface area contributed by atoms with Gasteiger partial charge in [0, 0.05) is 0 Å². The van der Waals surface area contributed by atoms with Crippen molar-refractivity contribution in [3.8, 4) is 0 Å². The van der Waals surface area contributed by atoms with E-state index in [9.17, 15) is 29.4 Å². The van der Waals surface area contributed by atoms with E-state index in [2.05, 4.69) is 16.0 Å². The van der Waals surface area contributed by atoms with Gasteiger partial charge in [0.2, 0.25) is 17.7 Å². The third-order valence-electron chi connectivity index (χ3n) is 4.85. The Morgan fingerprint density at radius 1 is 0.967 bits per heavy atom. The Kier molecular flexibility index (Phi) is 13.3. The zero-order chi connectivity index (χ0) is 23.4. The van der Waals surface area contributed by atoms with Crippen molar-refractivity contribution in [2.24, 2.45) is 17.6 Å². The summed E-state index contributed by atoms with van der Waals surface area (Å²) in [5.41, 5.74) is 5.85. The van der Waals surface area contributed by atoms with Gasteiger partial charge in [-0.15, -0.1) is 0 Å². The maximum atomic E-state index is 12.6. The molecule has 0 aromatic rings. The highest BCUT2D eigenvalue weighted by molar-refractivity contribution is 7.98. The minimum atomic E-state index is -1.28. The van der Waals surface area contributed by atoms with Crippen LogP contribution in [0.3, 0.4) is 0 Å². The summed E-state index contributed by atoms with van der Waals surface area (Å²) in [5.74, 6) is -3.07. The van der Waals surface area contributed by atoms with Gasteiger partial charge >= 0.3 is 5.97 Å². The molecule has 0 aliphatic rings. The number of hydrogen-bond donors (Lipinski definition) is 6. The first-order chi connectivity index (χ1) is 14.0. The second-order valence-corrected chi connectivity index (χ2v) is 8.55. The number of amides is 3. The molecule has 10 nitrogen and oxygen atoms in total. The first-order valence-electron chi connectivity index (χ1n) is 9.99. The van der Waals surface area contributed by atoms with Gasteiger partial charge in [0.25, 0.3) is 0 Å². The zero-order valence-corrected chi connectivity index (χ0v) is 19.1. The quantitative estimate of drug-likeness (QED) is 0.202. The minimum Gasteiger partial charge on any atom is -0.480 e. The molecule has 174 valence electrons. The van der Waals surface area contributed by atoms with Crippen LogP contribution in [0.15, 0.2) is 0 Å². The molecule has 0 spiro atoms. The lowest BCUT2D eigenvalue weighted by Gasteiger charge is -2.26. The molecule has 3 amide bonds. The second kappa shape index (κ2) is 14.2. The number of aliphatic hydroxyl groups excluding tert-OH is 1. The molecule has 0 aromatic heterocycles. The van der Waals surface area contributed by atoms with Gasteiger partial charge in [-0.1, -0.05) is 34.1 Å². The number of carbonyl (C=O) groups is 4. The van der Waals surface area contributed by atoms with E-state index >= 15 is 0 Å². The third-order valence-corrected chi connectivity index (χ3v) is 5.49. The molecule has 0 radical (unpaired) electrons. The van der Waals surface area contributed by atoms with Crippen LogP contribution in [0.4, 0.5) is 0 Å². The van der Waals surface area contributed by atoms with E-state index < -0.39 is 54.5 Å². The molecule has 0 fully saturated rings. The standard InChI is InChI=1S/C19H36N4O6S/c1-6-11(4)14(20)18(27)22-13(9-24)17(26)21-12(7-8-30-5)16(25)23-15(10(2)3)19(28)29/h10-15,24H,6-9,20H2,1-5H3,(H,21,26)(H,22,27)(H,23,25)(H,28,29). The predicted octanol–water partition coefficient (Wildman–Crippen LogP) is -0.700. The number of carboxylic acids is 1. The average Bonchev–Trinajstić information content (AvgIpc) is 2.70. The lowest BCUT2D eigenvalue weighted by molar-refractivity contribution is -0.143. The van der Waals surface area contributed by atoms with Gasteiger partial charge in [-0.25, -0.2) is 4.79 Å². The van der Waals surface area contributed by atoms with Crippen LogP contribution in [0.25, 0.3) is 0 Å². The Labute approximate surface area is 182 Å². The van der Waals surface area contributed by atoms with Crippen molar-refractivity contribution in [3.63, 3.8) is 0 Å². The number of aliphatic hydroxyl groups is 1. The molecule has 7 N–H and O–H groups in total. The number of rotatable bonds is 14. The molecule has 0 rings (SSSR count). The van der Waals surface area contributed by atoms with Gasteiger partial charge in [0.05, 0.1) is 12.6 Å². The molecule has 30 heavy (non-hydrogen) atoms. The van der Waals surface area contributed by atoms with Crippen molar-refractivity contribution >= 4 is 35.5 Å². The van der Waals surface area contributed by atoms with Crippen molar-refractivity contribution in [3.05, 3.63) is 0 Å². The van der Waals surface area contributed by atoms with E-state index in [0.29, 0.717) is 12.2 Å². The molecule has 0 bridgehead atoms. The molecule has 0 aromatic carbocycles. The lowest BCUT2D eigenvalue weighted by atomic mass is 9.99. The summed E-state index contributed by atoms with van der Waals surface area (Å²) in [6, 6.07) is -4.24. The number of carbonyl (C=O) groups excluding carboxylic acids is 3. The summed E-state index contributed by atoms with van der Waals surface area (Å²) in [5, 5.41) is 26.2. The SMILES string of the molecule is CCC(C)C(N)C(=O)NC(CO)C(=O)NC(CCSC)C(=O)NC(C(=O)O)C(C)C. The van der Waals surface area contributed by atoms with E-state index in [4.69, 9.17) is 5.73 Å². The maximum Gasteiger partial charge on any atom is 0.326 e. The highest BCUT2D eigenvalue weighted by Crippen LogP contribution is 2.07. The van der Waals surface area contributed by atoms with E-state index in [1.54, 1.807) is 20.8 Å². The molecule has 0 saturated carbocycles. The smallest absolute Gasteiger partial charge is 0.326 e. The molecule has 0 heterocycles. The van der Waals surface area contributed by atoms with Crippen LogP contribution >= 0.6 is 11.8 Å². The molecular formula is C19H36N4O6S. The van der Waals surface area contributed by atoms with Gasteiger partial charge in [0.15, 0.2) is 0 Å². The van der Waals surface area contributed by atoms with Gasteiger partial charge < -0.3 is 31.9 Å². The van der Waals surface area contributed by atoms with Crippen molar-refractivity contribution < 1.29 is 29.4 Å². The zero-order valence-electron chi connectivity index (χ0n) is 18.3. The van der Waals surface area contributed by atoms with Crippen LogP contribution in [-0.2, 0) is 19.2 Å². The monoisotopic (exact) mass is 448 g/mol. The third kappa shape index (κ3) is 9.31.